The summed E-state index contributed by atoms with van der Waals surface area (Å²) in [6.45, 7) is 0.594. The molecule has 0 fully saturated rings. The van der Waals surface area contributed by atoms with Gasteiger partial charge in [-0.1, -0.05) is 11.6 Å². The molecule has 1 atom stereocenters. The van der Waals surface area contributed by atoms with Gasteiger partial charge in [0.05, 0.1) is 6.61 Å². The Balaban J connectivity index is 2.56. The zero-order chi connectivity index (χ0) is 9.42. The van der Waals surface area contributed by atoms with Crippen molar-refractivity contribution in [2.24, 2.45) is 0 Å². The Kier molecular flexibility index (Phi) is 2.30. The molecule has 0 radical (unpaired) electrons. The molecule has 4 heteroatoms. The topological polar surface area (TPSA) is 29.5 Å². The molecular weight excluding hydrogens is 208 g/mol. The van der Waals surface area contributed by atoms with Crippen LogP contribution in [-0.4, -0.2) is 11.7 Å². The maximum absolute atomic E-state index is 9.51. The molecule has 0 bridgehead atoms. The molecule has 1 aliphatic heterocycles. The lowest BCUT2D eigenvalue weighted by Crippen LogP contribution is -2.10. The van der Waals surface area contributed by atoms with Crippen LogP contribution in [-0.2, 0) is 0 Å². The largest absolute Gasteiger partial charge is 0.504 e. The first-order chi connectivity index (χ1) is 6.18. The zero-order valence-corrected chi connectivity index (χ0v) is 8.48. The van der Waals surface area contributed by atoms with Crippen molar-refractivity contribution in [3.63, 3.8) is 0 Å². The average molecular weight is 217 g/mol. The highest BCUT2D eigenvalue weighted by molar-refractivity contribution is 7.80. The number of thiol groups is 1. The Hall–Kier alpha value is -0.540. The third-order valence-corrected chi connectivity index (χ3v) is 2.81. The number of phenols is 1. The summed E-state index contributed by atoms with van der Waals surface area (Å²) in [6, 6.07) is 3.26. The van der Waals surface area contributed by atoms with Gasteiger partial charge >= 0.3 is 0 Å². The number of benzene rings is 1. The molecule has 1 N–H and O–H groups in total. The van der Waals surface area contributed by atoms with E-state index in [0.29, 0.717) is 17.4 Å². The molecule has 0 aromatic heterocycles. The van der Waals surface area contributed by atoms with E-state index in [1.54, 1.807) is 6.07 Å². The Labute approximate surface area is 86.9 Å². The number of hydrogen-bond donors (Lipinski definition) is 2. The highest BCUT2D eigenvalue weighted by atomic mass is 35.5. The standard InChI is InChI=1S/C9H9ClO2S/c10-5-3-6-8(13)1-2-12-9(6)7(11)4-5/h3-4,8,11,13H,1-2H2. The van der Waals surface area contributed by atoms with E-state index in [2.05, 4.69) is 12.6 Å². The second kappa shape index (κ2) is 3.31. The highest BCUT2D eigenvalue weighted by Gasteiger charge is 2.21. The Morgan fingerprint density at radius 1 is 1.54 bits per heavy atom. The van der Waals surface area contributed by atoms with Crippen molar-refractivity contribution in [3.05, 3.63) is 22.7 Å². The Morgan fingerprint density at radius 3 is 3.08 bits per heavy atom. The maximum Gasteiger partial charge on any atom is 0.165 e. The van der Waals surface area contributed by atoms with Crippen LogP contribution in [0.4, 0.5) is 0 Å². The fraction of sp³-hybridized carbons (Fsp3) is 0.333. The SMILES string of the molecule is Oc1cc(Cl)cc2c1OCCC2S. The van der Waals surface area contributed by atoms with Crippen LogP contribution in [0.2, 0.25) is 5.02 Å². The highest BCUT2D eigenvalue weighted by Crippen LogP contribution is 2.43. The lowest BCUT2D eigenvalue weighted by molar-refractivity contribution is 0.271. The van der Waals surface area contributed by atoms with Crippen LogP contribution in [0, 0.1) is 0 Å². The van der Waals surface area contributed by atoms with Gasteiger partial charge in [0.15, 0.2) is 11.5 Å². The smallest absolute Gasteiger partial charge is 0.165 e. The number of ether oxygens (including phenoxy) is 1. The zero-order valence-electron chi connectivity index (χ0n) is 6.83. The van der Waals surface area contributed by atoms with Gasteiger partial charge in [0.1, 0.15) is 0 Å². The summed E-state index contributed by atoms with van der Waals surface area (Å²) in [5.74, 6) is 0.622. The van der Waals surface area contributed by atoms with E-state index < -0.39 is 0 Å². The van der Waals surface area contributed by atoms with Crippen molar-refractivity contribution in [1.29, 1.82) is 0 Å². The number of fused-ring (bicyclic) bond motifs is 1. The molecule has 0 saturated carbocycles. The van der Waals surface area contributed by atoms with Gasteiger partial charge in [-0.3, -0.25) is 0 Å². The van der Waals surface area contributed by atoms with Gasteiger partial charge in [-0.2, -0.15) is 12.6 Å². The van der Waals surface area contributed by atoms with E-state index in [1.165, 1.54) is 6.07 Å². The van der Waals surface area contributed by atoms with Crippen LogP contribution in [0.1, 0.15) is 17.2 Å². The van der Waals surface area contributed by atoms with Crippen molar-refractivity contribution in [3.8, 4) is 11.5 Å². The summed E-state index contributed by atoms with van der Waals surface area (Å²) in [7, 11) is 0. The van der Waals surface area contributed by atoms with E-state index in [-0.39, 0.29) is 11.0 Å². The minimum Gasteiger partial charge on any atom is -0.504 e. The number of halogens is 1. The first-order valence-corrected chi connectivity index (χ1v) is 4.91. The fourth-order valence-corrected chi connectivity index (χ4v) is 1.95. The summed E-state index contributed by atoms with van der Waals surface area (Å²) < 4.78 is 5.32. The third-order valence-electron chi connectivity index (χ3n) is 2.06. The molecule has 1 aromatic carbocycles. The lowest BCUT2D eigenvalue weighted by atomic mass is 10.1. The molecule has 2 rings (SSSR count). The summed E-state index contributed by atoms with van der Waals surface area (Å²) >= 11 is 10.2. The number of rotatable bonds is 0. The van der Waals surface area contributed by atoms with Gasteiger partial charge in [0.25, 0.3) is 0 Å². The lowest BCUT2D eigenvalue weighted by Gasteiger charge is -2.23. The number of phenolic OH excluding ortho intramolecular Hbond substituents is 1. The van der Waals surface area contributed by atoms with E-state index in [0.717, 1.165) is 12.0 Å². The number of aromatic hydroxyl groups is 1. The van der Waals surface area contributed by atoms with Crippen LogP contribution in [0.5, 0.6) is 11.5 Å². The average Bonchev–Trinajstić information content (AvgIpc) is 2.07. The minimum absolute atomic E-state index is 0.0984. The van der Waals surface area contributed by atoms with Crippen molar-refractivity contribution in [1.82, 2.24) is 0 Å². The first kappa shape index (κ1) is 9.03. The summed E-state index contributed by atoms with van der Waals surface area (Å²) in [5, 5.41) is 10.1. The normalized spacial score (nSPS) is 20.6. The predicted octanol–water partition coefficient (Wildman–Crippen LogP) is 2.80. The van der Waals surface area contributed by atoms with E-state index in [4.69, 9.17) is 16.3 Å². The maximum atomic E-state index is 9.51. The molecule has 1 unspecified atom stereocenters. The molecule has 0 spiro atoms. The van der Waals surface area contributed by atoms with Gasteiger partial charge in [-0.05, 0) is 12.5 Å². The van der Waals surface area contributed by atoms with Crippen molar-refractivity contribution < 1.29 is 9.84 Å². The summed E-state index contributed by atoms with van der Waals surface area (Å²) in [6.07, 6.45) is 0.843. The Bertz CT molecular complexity index is 341. The second-order valence-corrected chi connectivity index (χ2v) is 4.06. The van der Waals surface area contributed by atoms with Gasteiger partial charge in [0, 0.05) is 21.9 Å². The van der Waals surface area contributed by atoms with Crippen LogP contribution in [0.15, 0.2) is 12.1 Å². The van der Waals surface area contributed by atoms with Crippen LogP contribution >= 0.6 is 24.2 Å². The molecule has 2 nitrogen and oxygen atoms in total. The first-order valence-electron chi connectivity index (χ1n) is 4.02. The van der Waals surface area contributed by atoms with E-state index in [1.807, 2.05) is 0 Å². The molecular formula is C9H9ClO2S. The van der Waals surface area contributed by atoms with Crippen molar-refractivity contribution in [2.75, 3.05) is 6.61 Å². The van der Waals surface area contributed by atoms with Crippen molar-refractivity contribution in [2.45, 2.75) is 11.7 Å². The van der Waals surface area contributed by atoms with Gasteiger partial charge in [0.2, 0.25) is 0 Å². The molecule has 0 aliphatic carbocycles. The molecule has 0 amide bonds. The minimum atomic E-state index is 0.0984. The Morgan fingerprint density at radius 2 is 2.31 bits per heavy atom. The summed E-state index contributed by atoms with van der Waals surface area (Å²) in [4.78, 5) is 0. The van der Waals surface area contributed by atoms with Gasteiger partial charge < -0.3 is 9.84 Å². The molecule has 70 valence electrons. The molecule has 1 aliphatic rings. The number of hydrogen-bond acceptors (Lipinski definition) is 3. The van der Waals surface area contributed by atoms with Gasteiger partial charge in [-0.25, -0.2) is 0 Å². The summed E-state index contributed by atoms with van der Waals surface area (Å²) in [5.41, 5.74) is 0.875. The predicted molar refractivity (Wildman–Crippen MR) is 55.0 cm³/mol. The van der Waals surface area contributed by atoms with Crippen molar-refractivity contribution >= 4 is 24.2 Å². The third kappa shape index (κ3) is 1.58. The van der Waals surface area contributed by atoms with Crippen LogP contribution < -0.4 is 4.74 Å². The molecule has 13 heavy (non-hydrogen) atoms. The molecule has 1 heterocycles. The fourth-order valence-electron chi connectivity index (χ4n) is 1.43. The second-order valence-electron chi connectivity index (χ2n) is 3.00. The monoisotopic (exact) mass is 216 g/mol. The quantitative estimate of drug-likeness (QED) is 0.654. The van der Waals surface area contributed by atoms with Crippen LogP contribution in [0.3, 0.4) is 0 Å². The van der Waals surface area contributed by atoms with E-state index >= 15 is 0 Å². The van der Waals surface area contributed by atoms with Gasteiger partial charge in [-0.15, -0.1) is 0 Å². The molecule has 1 aromatic rings. The molecule has 0 saturated heterocycles. The van der Waals surface area contributed by atoms with E-state index in [9.17, 15) is 5.11 Å². The van der Waals surface area contributed by atoms with Crippen LogP contribution in [0.25, 0.3) is 0 Å².